The van der Waals surface area contributed by atoms with Crippen molar-refractivity contribution in [2.24, 2.45) is 0 Å². The quantitative estimate of drug-likeness (QED) is 0.394. The van der Waals surface area contributed by atoms with Crippen molar-refractivity contribution in [2.45, 2.75) is 17.5 Å². The topological polar surface area (TPSA) is 104 Å². The van der Waals surface area contributed by atoms with Crippen molar-refractivity contribution in [1.82, 2.24) is 15.4 Å². The molecule has 176 valence electrons. The van der Waals surface area contributed by atoms with Crippen LogP contribution in [0.1, 0.15) is 22.7 Å². The van der Waals surface area contributed by atoms with Crippen molar-refractivity contribution >= 4 is 39.5 Å². The SMILES string of the molecule is CNS(=O)(=O)c1ccc(C=CC(=O)NC(C(=O)NCc2ccc(Cl)cc2)c2ccccc2)cc1. The van der Waals surface area contributed by atoms with Crippen LogP contribution in [-0.4, -0.2) is 27.3 Å². The highest BCUT2D eigenvalue weighted by Gasteiger charge is 2.21. The molecule has 3 aromatic carbocycles. The van der Waals surface area contributed by atoms with Crippen LogP contribution in [0.4, 0.5) is 0 Å². The van der Waals surface area contributed by atoms with E-state index < -0.39 is 22.0 Å². The van der Waals surface area contributed by atoms with Gasteiger partial charge in [0.05, 0.1) is 4.90 Å². The predicted octanol–water partition coefficient (Wildman–Crippen LogP) is 3.44. The van der Waals surface area contributed by atoms with Gasteiger partial charge in [0, 0.05) is 17.6 Å². The Balaban J connectivity index is 1.69. The number of benzene rings is 3. The van der Waals surface area contributed by atoms with Crippen LogP contribution in [0.5, 0.6) is 0 Å². The first kappa shape index (κ1) is 25.2. The van der Waals surface area contributed by atoms with E-state index in [1.165, 1.54) is 25.3 Å². The van der Waals surface area contributed by atoms with E-state index in [2.05, 4.69) is 15.4 Å². The van der Waals surface area contributed by atoms with E-state index in [-0.39, 0.29) is 17.3 Å². The highest BCUT2D eigenvalue weighted by Crippen LogP contribution is 2.15. The monoisotopic (exact) mass is 497 g/mol. The minimum atomic E-state index is -3.53. The summed E-state index contributed by atoms with van der Waals surface area (Å²) in [4.78, 5) is 25.6. The molecular weight excluding hydrogens is 474 g/mol. The number of hydrogen-bond donors (Lipinski definition) is 3. The molecule has 9 heteroatoms. The molecule has 34 heavy (non-hydrogen) atoms. The fourth-order valence-electron chi connectivity index (χ4n) is 3.08. The van der Waals surface area contributed by atoms with Crippen LogP contribution >= 0.6 is 11.6 Å². The molecule has 0 saturated carbocycles. The second-order valence-electron chi connectivity index (χ2n) is 7.31. The molecule has 1 unspecified atom stereocenters. The summed E-state index contributed by atoms with van der Waals surface area (Å²) in [5.74, 6) is -0.827. The lowest BCUT2D eigenvalue weighted by atomic mass is 10.1. The van der Waals surface area contributed by atoms with Crippen LogP contribution in [0.2, 0.25) is 5.02 Å². The van der Waals surface area contributed by atoms with Crippen molar-refractivity contribution in [3.63, 3.8) is 0 Å². The second kappa shape index (κ2) is 11.6. The van der Waals surface area contributed by atoms with Gasteiger partial charge in [-0.05, 0) is 54.1 Å². The highest BCUT2D eigenvalue weighted by molar-refractivity contribution is 7.89. The molecule has 0 spiro atoms. The molecular formula is C25H24ClN3O4S. The lowest BCUT2D eigenvalue weighted by molar-refractivity contribution is -0.127. The van der Waals surface area contributed by atoms with E-state index in [4.69, 9.17) is 11.6 Å². The number of carbonyl (C=O) groups is 2. The van der Waals surface area contributed by atoms with Gasteiger partial charge in [-0.15, -0.1) is 0 Å². The van der Waals surface area contributed by atoms with Crippen molar-refractivity contribution in [1.29, 1.82) is 0 Å². The van der Waals surface area contributed by atoms with Crippen molar-refractivity contribution < 1.29 is 18.0 Å². The first-order valence-electron chi connectivity index (χ1n) is 10.4. The molecule has 3 aromatic rings. The Hall–Kier alpha value is -3.46. The van der Waals surface area contributed by atoms with Gasteiger partial charge in [0.25, 0.3) is 0 Å². The third-order valence-electron chi connectivity index (χ3n) is 4.95. The molecule has 0 aromatic heterocycles. The van der Waals surface area contributed by atoms with Crippen LogP contribution in [0.3, 0.4) is 0 Å². The Bertz CT molecular complexity index is 1260. The smallest absolute Gasteiger partial charge is 0.247 e. The van der Waals surface area contributed by atoms with Gasteiger partial charge in [0.15, 0.2) is 0 Å². The molecule has 0 radical (unpaired) electrons. The Labute approximate surface area is 203 Å². The molecule has 0 aliphatic heterocycles. The first-order valence-corrected chi connectivity index (χ1v) is 12.2. The van der Waals surface area contributed by atoms with Crippen LogP contribution in [-0.2, 0) is 26.2 Å². The van der Waals surface area contributed by atoms with E-state index in [0.717, 1.165) is 5.56 Å². The van der Waals surface area contributed by atoms with E-state index >= 15 is 0 Å². The zero-order chi connectivity index (χ0) is 24.6. The van der Waals surface area contributed by atoms with E-state index in [1.807, 2.05) is 18.2 Å². The predicted molar refractivity (Wildman–Crippen MR) is 132 cm³/mol. The van der Waals surface area contributed by atoms with Crippen molar-refractivity contribution in [2.75, 3.05) is 7.05 Å². The normalized spacial score (nSPS) is 12.3. The fourth-order valence-corrected chi connectivity index (χ4v) is 3.93. The number of halogens is 1. The summed E-state index contributed by atoms with van der Waals surface area (Å²) < 4.78 is 25.9. The molecule has 1 atom stereocenters. The van der Waals surface area contributed by atoms with E-state index in [9.17, 15) is 18.0 Å². The van der Waals surface area contributed by atoms with Crippen LogP contribution in [0, 0.1) is 0 Å². The van der Waals surface area contributed by atoms with Gasteiger partial charge in [0.1, 0.15) is 6.04 Å². The minimum Gasteiger partial charge on any atom is -0.350 e. The molecule has 0 bridgehead atoms. The molecule has 0 fully saturated rings. The molecule has 3 rings (SSSR count). The van der Waals surface area contributed by atoms with Gasteiger partial charge in [-0.25, -0.2) is 13.1 Å². The largest absolute Gasteiger partial charge is 0.350 e. The van der Waals surface area contributed by atoms with Gasteiger partial charge >= 0.3 is 0 Å². The molecule has 0 aliphatic carbocycles. The van der Waals surface area contributed by atoms with Gasteiger partial charge in [-0.2, -0.15) is 0 Å². The van der Waals surface area contributed by atoms with Crippen molar-refractivity contribution in [3.05, 3.63) is 107 Å². The molecule has 3 N–H and O–H groups in total. The lowest BCUT2D eigenvalue weighted by Gasteiger charge is -2.18. The number of amides is 2. The van der Waals surface area contributed by atoms with E-state index in [1.54, 1.807) is 54.6 Å². The molecule has 0 saturated heterocycles. The van der Waals surface area contributed by atoms with Gasteiger partial charge < -0.3 is 10.6 Å². The summed E-state index contributed by atoms with van der Waals surface area (Å²) in [5, 5.41) is 6.17. The number of nitrogens with one attached hydrogen (secondary N) is 3. The number of sulfonamides is 1. The summed E-state index contributed by atoms with van der Waals surface area (Å²) in [6, 6.07) is 21.2. The summed E-state index contributed by atoms with van der Waals surface area (Å²) in [6.07, 6.45) is 2.84. The second-order valence-corrected chi connectivity index (χ2v) is 9.63. The summed E-state index contributed by atoms with van der Waals surface area (Å²) in [6.45, 7) is 0.285. The van der Waals surface area contributed by atoms with Gasteiger partial charge in [-0.1, -0.05) is 66.2 Å². The third-order valence-corrected chi connectivity index (χ3v) is 6.63. The van der Waals surface area contributed by atoms with Crippen LogP contribution in [0.15, 0.2) is 89.8 Å². The molecule has 0 aliphatic rings. The zero-order valence-electron chi connectivity index (χ0n) is 18.4. The molecule has 7 nitrogen and oxygen atoms in total. The number of hydrogen-bond acceptors (Lipinski definition) is 4. The third kappa shape index (κ3) is 7.02. The maximum Gasteiger partial charge on any atom is 0.247 e. The Morgan fingerprint density at radius 2 is 1.59 bits per heavy atom. The summed E-state index contributed by atoms with van der Waals surface area (Å²) in [7, 11) is -2.20. The van der Waals surface area contributed by atoms with E-state index in [0.29, 0.717) is 16.1 Å². The number of carbonyl (C=O) groups excluding carboxylic acids is 2. The van der Waals surface area contributed by atoms with Crippen molar-refractivity contribution in [3.8, 4) is 0 Å². The molecule has 0 heterocycles. The zero-order valence-corrected chi connectivity index (χ0v) is 19.9. The Morgan fingerprint density at radius 3 is 2.21 bits per heavy atom. The Morgan fingerprint density at radius 1 is 0.941 bits per heavy atom. The Kier molecular flexibility index (Phi) is 8.59. The van der Waals surface area contributed by atoms with Gasteiger partial charge in [0.2, 0.25) is 21.8 Å². The molecule has 2 amide bonds. The average Bonchev–Trinajstić information content (AvgIpc) is 2.86. The lowest BCUT2D eigenvalue weighted by Crippen LogP contribution is -2.39. The van der Waals surface area contributed by atoms with Gasteiger partial charge in [-0.3, -0.25) is 9.59 Å². The maximum atomic E-state index is 12.9. The summed E-state index contributed by atoms with van der Waals surface area (Å²) >= 11 is 5.90. The van der Waals surface area contributed by atoms with Crippen LogP contribution in [0.25, 0.3) is 6.08 Å². The number of rotatable bonds is 9. The standard InChI is InChI=1S/C25H24ClN3O4S/c1-27-34(32,33)22-14-9-18(10-15-22)11-16-23(30)29-24(20-5-3-2-4-6-20)25(31)28-17-19-7-12-21(26)13-8-19/h2-16,24,27H,17H2,1H3,(H,28,31)(H,29,30). The highest BCUT2D eigenvalue weighted by atomic mass is 35.5. The minimum absolute atomic E-state index is 0.123. The maximum absolute atomic E-state index is 12.9. The fraction of sp³-hybridized carbons (Fsp3) is 0.120. The average molecular weight is 498 g/mol. The van der Waals surface area contributed by atoms with Crippen LogP contribution < -0.4 is 15.4 Å². The summed E-state index contributed by atoms with van der Waals surface area (Å²) in [5.41, 5.74) is 2.15. The first-order chi connectivity index (χ1) is 16.3.